The second-order valence-electron chi connectivity index (χ2n) is 5.66. The van der Waals surface area contributed by atoms with Gasteiger partial charge in [-0.15, -0.1) is 0 Å². The molecule has 0 bridgehead atoms. The van der Waals surface area contributed by atoms with E-state index >= 15 is 0 Å². The fourth-order valence-corrected chi connectivity index (χ4v) is 2.75. The van der Waals surface area contributed by atoms with Gasteiger partial charge in [-0.25, -0.2) is 4.63 Å². The van der Waals surface area contributed by atoms with E-state index in [-0.39, 0.29) is 11.2 Å². The lowest BCUT2D eigenvalue weighted by atomic mass is 9.98. The lowest BCUT2D eigenvalue weighted by Crippen LogP contribution is -2.28. The molecule has 0 spiro atoms. The zero-order chi connectivity index (χ0) is 15.0. The van der Waals surface area contributed by atoms with E-state index in [1.165, 1.54) is 6.07 Å². The highest BCUT2D eigenvalue weighted by Crippen LogP contribution is 2.33. The van der Waals surface area contributed by atoms with Crippen LogP contribution in [0.5, 0.6) is 0 Å². The number of rotatable bonds is 2. The van der Waals surface area contributed by atoms with Crippen molar-refractivity contribution in [1.82, 2.24) is 10.3 Å². The van der Waals surface area contributed by atoms with Gasteiger partial charge in [0.15, 0.2) is 5.52 Å². The Hall–Kier alpha value is -2.22. The maximum Gasteiger partial charge on any atom is 0.300 e. The molecule has 1 atom stereocenters. The van der Waals surface area contributed by atoms with Crippen molar-refractivity contribution in [3.8, 4) is 0 Å². The van der Waals surface area contributed by atoms with E-state index in [2.05, 4.69) is 19.8 Å². The first kappa shape index (κ1) is 13.7. The van der Waals surface area contributed by atoms with Crippen molar-refractivity contribution < 1.29 is 14.7 Å². The smallest absolute Gasteiger partial charge is 0.300 e. The van der Waals surface area contributed by atoms with Crippen LogP contribution in [0.1, 0.15) is 26.2 Å². The zero-order valence-electron chi connectivity index (χ0n) is 11.7. The number of nitro benzene ring substituents is 1. The highest BCUT2D eigenvalue weighted by molar-refractivity contribution is 5.93. The molecule has 1 unspecified atom stereocenters. The number of benzene rings is 1. The summed E-state index contributed by atoms with van der Waals surface area (Å²) in [4.78, 5) is 12.6. The lowest BCUT2D eigenvalue weighted by Gasteiger charge is -2.24. The number of anilines is 1. The third-order valence-corrected chi connectivity index (χ3v) is 3.97. The SMILES string of the molecule is CC1(O)CCCN(c2ccc([N+](=O)[O-])c3nonc23)CC1. The first-order valence-electron chi connectivity index (χ1n) is 6.85. The summed E-state index contributed by atoms with van der Waals surface area (Å²) in [6.45, 7) is 3.25. The Morgan fingerprint density at radius 2 is 2.10 bits per heavy atom. The van der Waals surface area contributed by atoms with E-state index in [1.807, 2.05) is 6.92 Å². The number of nitro groups is 1. The number of fused-ring (bicyclic) bond motifs is 1. The molecule has 2 aromatic rings. The summed E-state index contributed by atoms with van der Waals surface area (Å²) in [7, 11) is 0. The maximum atomic E-state index is 11.0. The van der Waals surface area contributed by atoms with Crippen LogP contribution < -0.4 is 4.90 Å². The van der Waals surface area contributed by atoms with Crippen molar-refractivity contribution >= 4 is 22.4 Å². The van der Waals surface area contributed by atoms with E-state index < -0.39 is 10.5 Å². The minimum absolute atomic E-state index is 0.114. The minimum Gasteiger partial charge on any atom is -0.390 e. The van der Waals surface area contributed by atoms with E-state index in [9.17, 15) is 15.2 Å². The van der Waals surface area contributed by atoms with Gasteiger partial charge >= 0.3 is 5.69 Å². The van der Waals surface area contributed by atoms with Crippen molar-refractivity contribution in [2.45, 2.75) is 31.8 Å². The second kappa shape index (κ2) is 4.96. The standard InChI is InChI=1S/C13H16N4O4/c1-13(18)5-2-7-16(8-6-13)9-3-4-10(17(19)20)12-11(9)14-21-15-12/h3-4,18H,2,5-8H2,1H3. The third-order valence-electron chi connectivity index (χ3n) is 3.97. The molecular formula is C13H16N4O4. The van der Waals surface area contributed by atoms with Crippen LogP contribution in [0.3, 0.4) is 0 Å². The molecular weight excluding hydrogens is 276 g/mol. The van der Waals surface area contributed by atoms with Crippen LogP contribution in [0.15, 0.2) is 16.8 Å². The van der Waals surface area contributed by atoms with Gasteiger partial charge in [-0.3, -0.25) is 10.1 Å². The van der Waals surface area contributed by atoms with Gasteiger partial charge < -0.3 is 10.0 Å². The monoisotopic (exact) mass is 292 g/mol. The Kier molecular flexibility index (Phi) is 3.25. The Bertz CT molecular complexity index is 682. The van der Waals surface area contributed by atoms with E-state index in [0.717, 1.165) is 25.1 Å². The van der Waals surface area contributed by atoms with Crippen LogP contribution in [0.2, 0.25) is 0 Å². The molecule has 1 N–H and O–H groups in total. The summed E-state index contributed by atoms with van der Waals surface area (Å²) < 4.78 is 4.68. The molecule has 0 saturated carbocycles. The van der Waals surface area contributed by atoms with Crippen LogP contribution in [0, 0.1) is 10.1 Å². The van der Waals surface area contributed by atoms with Crippen LogP contribution >= 0.6 is 0 Å². The summed E-state index contributed by atoms with van der Waals surface area (Å²) >= 11 is 0. The van der Waals surface area contributed by atoms with E-state index in [0.29, 0.717) is 18.5 Å². The topological polar surface area (TPSA) is 106 Å². The van der Waals surface area contributed by atoms with Crippen LogP contribution in [-0.4, -0.2) is 39.0 Å². The molecule has 1 aromatic heterocycles. The van der Waals surface area contributed by atoms with Crippen molar-refractivity contribution in [3.05, 3.63) is 22.2 Å². The highest BCUT2D eigenvalue weighted by atomic mass is 16.6. The summed E-state index contributed by atoms with van der Waals surface area (Å²) in [5.41, 5.74) is 0.530. The third kappa shape index (κ3) is 2.54. The van der Waals surface area contributed by atoms with Crippen LogP contribution in [0.4, 0.5) is 11.4 Å². The van der Waals surface area contributed by atoms with Gasteiger partial charge in [0.1, 0.15) is 0 Å². The molecule has 8 nitrogen and oxygen atoms in total. The molecule has 112 valence electrons. The molecule has 1 aromatic carbocycles. The number of non-ortho nitro benzene ring substituents is 1. The number of hydrogen-bond acceptors (Lipinski definition) is 7. The predicted molar refractivity (Wildman–Crippen MR) is 75.1 cm³/mol. The van der Waals surface area contributed by atoms with Crippen molar-refractivity contribution in [2.24, 2.45) is 0 Å². The highest BCUT2D eigenvalue weighted by Gasteiger charge is 2.28. The molecule has 1 aliphatic rings. The normalized spacial score (nSPS) is 23.2. The molecule has 1 aliphatic heterocycles. The van der Waals surface area contributed by atoms with Gasteiger partial charge in [-0.05, 0) is 42.6 Å². The summed E-state index contributed by atoms with van der Waals surface area (Å²) in [5, 5.41) is 28.6. The Morgan fingerprint density at radius 3 is 2.86 bits per heavy atom. The Morgan fingerprint density at radius 1 is 1.33 bits per heavy atom. The predicted octanol–water partition coefficient (Wildman–Crippen LogP) is 1.87. The Labute approximate surface area is 120 Å². The molecule has 1 saturated heterocycles. The average molecular weight is 292 g/mol. The van der Waals surface area contributed by atoms with Gasteiger partial charge in [0.05, 0.1) is 16.2 Å². The summed E-state index contributed by atoms with van der Waals surface area (Å²) in [6, 6.07) is 3.09. The zero-order valence-corrected chi connectivity index (χ0v) is 11.7. The molecule has 1 fully saturated rings. The van der Waals surface area contributed by atoms with E-state index in [4.69, 9.17) is 0 Å². The van der Waals surface area contributed by atoms with Crippen LogP contribution in [0.25, 0.3) is 11.0 Å². The van der Waals surface area contributed by atoms with Gasteiger partial charge in [-0.1, -0.05) is 0 Å². The summed E-state index contributed by atoms with van der Waals surface area (Å²) in [6.07, 6.45) is 2.21. The first-order valence-corrected chi connectivity index (χ1v) is 6.85. The first-order chi connectivity index (χ1) is 9.98. The number of aromatic nitrogens is 2. The van der Waals surface area contributed by atoms with Gasteiger partial charge in [-0.2, -0.15) is 0 Å². The molecule has 21 heavy (non-hydrogen) atoms. The van der Waals surface area contributed by atoms with Crippen molar-refractivity contribution in [2.75, 3.05) is 18.0 Å². The van der Waals surface area contributed by atoms with Gasteiger partial charge in [0.25, 0.3) is 0 Å². The second-order valence-corrected chi connectivity index (χ2v) is 5.66. The van der Waals surface area contributed by atoms with Gasteiger partial charge in [0.2, 0.25) is 5.52 Å². The molecule has 0 aliphatic carbocycles. The fraction of sp³-hybridized carbons (Fsp3) is 0.538. The lowest BCUT2D eigenvalue weighted by molar-refractivity contribution is -0.383. The molecule has 2 heterocycles. The number of nitrogens with zero attached hydrogens (tertiary/aromatic N) is 4. The average Bonchev–Trinajstić information content (AvgIpc) is 2.83. The maximum absolute atomic E-state index is 11.0. The largest absolute Gasteiger partial charge is 0.390 e. The molecule has 0 amide bonds. The molecule has 3 rings (SSSR count). The fourth-order valence-electron chi connectivity index (χ4n) is 2.75. The van der Waals surface area contributed by atoms with Crippen LogP contribution in [-0.2, 0) is 0 Å². The quantitative estimate of drug-likeness (QED) is 0.665. The summed E-state index contributed by atoms with van der Waals surface area (Å²) in [5.74, 6) is 0. The van der Waals surface area contributed by atoms with Crippen molar-refractivity contribution in [3.63, 3.8) is 0 Å². The van der Waals surface area contributed by atoms with Crippen molar-refractivity contribution in [1.29, 1.82) is 0 Å². The number of hydrogen-bond donors (Lipinski definition) is 1. The molecule has 0 radical (unpaired) electrons. The number of aliphatic hydroxyl groups is 1. The van der Waals surface area contributed by atoms with Gasteiger partial charge in [0, 0.05) is 19.2 Å². The van der Waals surface area contributed by atoms with E-state index in [1.54, 1.807) is 6.07 Å². The molecule has 8 heteroatoms. The minimum atomic E-state index is -0.670. The Balaban J connectivity index is 1.99.